The molecule has 1 fully saturated rings. The molecule has 1 aromatic rings. The van der Waals surface area contributed by atoms with E-state index in [1.54, 1.807) is 12.1 Å². The number of amides is 1. The zero-order chi connectivity index (χ0) is 19.2. The molecule has 2 rings (SSSR count). The summed E-state index contributed by atoms with van der Waals surface area (Å²) in [4.78, 5) is 16.7. The van der Waals surface area contributed by atoms with Gasteiger partial charge in [0, 0.05) is 25.6 Å². The average molecular weight is 383 g/mol. The fourth-order valence-electron chi connectivity index (χ4n) is 3.18. The van der Waals surface area contributed by atoms with Crippen LogP contribution in [0.25, 0.3) is 0 Å². The third-order valence-corrected chi connectivity index (χ3v) is 5.92. The van der Waals surface area contributed by atoms with Crippen LogP contribution in [0.15, 0.2) is 29.2 Å². The van der Waals surface area contributed by atoms with Gasteiger partial charge in [0.1, 0.15) is 0 Å². The third kappa shape index (κ3) is 6.68. The number of hydrogen-bond donors (Lipinski definition) is 2. The molecule has 0 aromatic heterocycles. The van der Waals surface area contributed by atoms with Gasteiger partial charge in [-0.05, 0) is 64.1 Å². The fourth-order valence-corrected chi connectivity index (χ4v) is 3.69. The molecule has 0 radical (unpaired) electrons. The maximum absolute atomic E-state index is 12.0. The molecule has 0 aliphatic carbocycles. The summed E-state index contributed by atoms with van der Waals surface area (Å²) in [6.07, 6.45) is 3.46. The normalized spacial score (nSPS) is 16.8. The van der Waals surface area contributed by atoms with E-state index in [0.29, 0.717) is 25.4 Å². The first-order valence-corrected chi connectivity index (χ1v) is 10.6. The molecule has 26 heavy (non-hydrogen) atoms. The number of likely N-dealkylation sites (tertiary alicyclic amines) is 1. The molecule has 0 bridgehead atoms. The lowest BCUT2D eigenvalue weighted by molar-refractivity contribution is -0.121. The largest absolute Gasteiger partial charge is 0.356 e. The second-order valence-corrected chi connectivity index (χ2v) is 8.62. The number of benzene rings is 1. The summed E-state index contributed by atoms with van der Waals surface area (Å²) in [5.41, 5.74) is 0.959. The number of nitrogens with two attached hydrogens (primary N) is 1. The van der Waals surface area contributed by atoms with Gasteiger partial charge in [0.05, 0.1) is 4.90 Å². The van der Waals surface area contributed by atoms with E-state index >= 15 is 0 Å². The average Bonchev–Trinajstić information content (AvgIpc) is 2.60. The first kappa shape index (κ1) is 20.8. The van der Waals surface area contributed by atoms with Crippen molar-refractivity contribution >= 4 is 15.9 Å². The molecule has 1 saturated heterocycles. The van der Waals surface area contributed by atoms with Crippen LogP contribution >= 0.6 is 0 Å². The number of nitrogens with one attached hydrogen (secondary N) is 1. The Kier molecular flexibility index (Phi) is 7.57. The van der Waals surface area contributed by atoms with Crippen LogP contribution in [0.2, 0.25) is 0 Å². The standard InChI is InChI=1S/C18H30N4O3S/c1-21-12-8-16(9-13-21)22(2)14-10-18(23)20-11-7-15-3-5-17(6-4-15)26(19,24)25/h3-6,16H,7-14H2,1-2H3,(H,20,23)(H2,19,24,25). The Morgan fingerprint density at radius 1 is 1.27 bits per heavy atom. The molecule has 3 N–H and O–H groups in total. The van der Waals surface area contributed by atoms with Crippen molar-refractivity contribution in [3.8, 4) is 0 Å². The SMILES string of the molecule is CN1CCC(N(C)CCC(=O)NCCc2ccc(S(N)(=O)=O)cc2)CC1. The molecule has 1 heterocycles. The molecule has 0 spiro atoms. The molecular formula is C18H30N4O3S. The first-order chi connectivity index (χ1) is 12.3. The van der Waals surface area contributed by atoms with Gasteiger partial charge in [-0.3, -0.25) is 4.79 Å². The van der Waals surface area contributed by atoms with E-state index in [-0.39, 0.29) is 10.8 Å². The number of sulfonamides is 1. The molecule has 8 heteroatoms. The molecule has 7 nitrogen and oxygen atoms in total. The maximum Gasteiger partial charge on any atom is 0.238 e. The second kappa shape index (κ2) is 9.45. The molecule has 0 saturated carbocycles. The molecule has 146 valence electrons. The number of carbonyl (C=O) groups is 1. The van der Waals surface area contributed by atoms with Crippen LogP contribution in [0.1, 0.15) is 24.8 Å². The van der Waals surface area contributed by atoms with Crippen LogP contribution in [-0.2, 0) is 21.2 Å². The number of hydrogen-bond acceptors (Lipinski definition) is 5. The number of primary sulfonamides is 1. The summed E-state index contributed by atoms with van der Waals surface area (Å²) in [5, 5.41) is 8.00. The lowest BCUT2D eigenvalue weighted by Crippen LogP contribution is -2.43. The topological polar surface area (TPSA) is 95.7 Å². The van der Waals surface area contributed by atoms with Gasteiger partial charge in [0.25, 0.3) is 0 Å². The Labute approximate surface area is 156 Å². The van der Waals surface area contributed by atoms with Gasteiger partial charge in [-0.1, -0.05) is 12.1 Å². The highest BCUT2D eigenvalue weighted by molar-refractivity contribution is 7.89. The van der Waals surface area contributed by atoms with Crippen molar-refractivity contribution in [2.45, 2.75) is 36.6 Å². The first-order valence-electron chi connectivity index (χ1n) is 9.03. The summed E-state index contributed by atoms with van der Waals surface area (Å²) < 4.78 is 22.4. The predicted molar refractivity (Wildman–Crippen MR) is 102 cm³/mol. The van der Waals surface area contributed by atoms with E-state index < -0.39 is 10.0 Å². The van der Waals surface area contributed by atoms with Crippen molar-refractivity contribution in [1.29, 1.82) is 0 Å². The summed E-state index contributed by atoms with van der Waals surface area (Å²) >= 11 is 0. The van der Waals surface area contributed by atoms with Gasteiger partial charge >= 0.3 is 0 Å². The molecule has 1 aliphatic rings. The number of nitrogens with zero attached hydrogens (tertiary/aromatic N) is 2. The highest BCUT2D eigenvalue weighted by atomic mass is 32.2. The van der Waals surface area contributed by atoms with Crippen molar-refractivity contribution < 1.29 is 13.2 Å². The zero-order valence-corrected chi connectivity index (χ0v) is 16.5. The van der Waals surface area contributed by atoms with E-state index in [4.69, 9.17) is 5.14 Å². The van der Waals surface area contributed by atoms with Crippen LogP contribution in [0.4, 0.5) is 0 Å². The van der Waals surface area contributed by atoms with Crippen molar-refractivity contribution in [2.75, 3.05) is 40.3 Å². The fraction of sp³-hybridized carbons (Fsp3) is 0.611. The van der Waals surface area contributed by atoms with Gasteiger partial charge in [-0.2, -0.15) is 0 Å². The van der Waals surface area contributed by atoms with Crippen molar-refractivity contribution in [3.63, 3.8) is 0 Å². The quantitative estimate of drug-likeness (QED) is 0.679. The van der Waals surface area contributed by atoms with Crippen LogP contribution < -0.4 is 10.5 Å². The lowest BCUT2D eigenvalue weighted by atomic mass is 10.0. The molecule has 0 atom stereocenters. The Hall–Kier alpha value is -1.48. The Morgan fingerprint density at radius 2 is 1.88 bits per heavy atom. The maximum atomic E-state index is 12.0. The number of carbonyl (C=O) groups excluding carboxylic acids is 1. The summed E-state index contributed by atoms with van der Waals surface area (Å²) in [6, 6.07) is 6.99. The lowest BCUT2D eigenvalue weighted by Gasteiger charge is -2.35. The summed E-state index contributed by atoms with van der Waals surface area (Å²) in [5.74, 6) is 0.0472. The smallest absolute Gasteiger partial charge is 0.238 e. The summed E-state index contributed by atoms with van der Waals surface area (Å²) in [7, 11) is 0.580. The third-order valence-electron chi connectivity index (χ3n) is 4.99. The Morgan fingerprint density at radius 3 is 2.46 bits per heavy atom. The summed E-state index contributed by atoms with van der Waals surface area (Å²) in [6.45, 7) is 3.53. The monoisotopic (exact) mass is 382 g/mol. The second-order valence-electron chi connectivity index (χ2n) is 7.05. The van der Waals surface area contributed by atoms with Gasteiger partial charge in [0.2, 0.25) is 15.9 Å². The van der Waals surface area contributed by atoms with Crippen LogP contribution in [-0.4, -0.2) is 70.4 Å². The highest BCUT2D eigenvalue weighted by Gasteiger charge is 2.20. The highest BCUT2D eigenvalue weighted by Crippen LogP contribution is 2.14. The van der Waals surface area contributed by atoms with E-state index in [0.717, 1.165) is 38.0 Å². The van der Waals surface area contributed by atoms with Crippen molar-refractivity contribution in [3.05, 3.63) is 29.8 Å². The van der Waals surface area contributed by atoms with Crippen LogP contribution in [0.5, 0.6) is 0 Å². The van der Waals surface area contributed by atoms with E-state index in [1.165, 1.54) is 12.1 Å². The number of rotatable bonds is 8. The van der Waals surface area contributed by atoms with Gasteiger partial charge in [-0.15, -0.1) is 0 Å². The molecule has 1 aliphatic heterocycles. The van der Waals surface area contributed by atoms with E-state index in [9.17, 15) is 13.2 Å². The minimum absolute atomic E-state index is 0.0472. The van der Waals surface area contributed by atoms with Crippen molar-refractivity contribution in [2.24, 2.45) is 5.14 Å². The van der Waals surface area contributed by atoms with E-state index in [1.807, 2.05) is 0 Å². The van der Waals surface area contributed by atoms with Gasteiger partial charge in [-0.25, -0.2) is 13.6 Å². The minimum atomic E-state index is -3.66. The van der Waals surface area contributed by atoms with E-state index in [2.05, 4.69) is 29.2 Å². The van der Waals surface area contributed by atoms with Gasteiger partial charge in [0.15, 0.2) is 0 Å². The Bertz CT molecular complexity index is 683. The van der Waals surface area contributed by atoms with Crippen LogP contribution in [0.3, 0.4) is 0 Å². The molecule has 1 aromatic carbocycles. The van der Waals surface area contributed by atoms with Gasteiger partial charge < -0.3 is 15.1 Å². The molecule has 1 amide bonds. The zero-order valence-electron chi connectivity index (χ0n) is 15.6. The minimum Gasteiger partial charge on any atom is -0.356 e. The van der Waals surface area contributed by atoms with Crippen molar-refractivity contribution in [1.82, 2.24) is 15.1 Å². The molecular weight excluding hydrogens is 352 g/mol. The molecule has 0 unspecified atom stereocenters. The number of piperidine rings is 1. The van der Waals surface area contributed by atoms with Crippen LogP contribution in [0, 0.1) is 0 Å². The predicted octanol–water partition coefficient (Wildman–Crippen LogP) is 0.409. The Balaban J connectivity index is 1.65.